The van der Waals surface area contributed by atoms with Gasteiger partial charge in [0.15, 0.2) is 0 Å². The molecule has 0 fully saturated rings. The SMILES string of the molecule is CC(C)N(c1cccc2cc(C(N)=O)[nH]c12)S(=O)(=O)c1cccs1. The van der Waals surface area contributed by atoms with E-state index in [1.165, 1.54) is 15.6 Å². The topological polar surface area (TPSA) is 96.3 Å². The van der Waals surface area contributed by atoms with Crippen molar-refractivity contribution in [2.24, 2.45) is 5.73 Å². The molecule has 1 aromatic carbocycles. The number of sulfonamides is 1. The van der Waals surface area contributed by atoms with E-state index in [-0.39, 0.29) is 15.9 Å². The summed E-state index contributed by atoms with van der Waals surface area (Å²) in [7, 11) is -3.70. The Labute approximate surface area is 144 Å². The van der Waals surface area contributed by atoms with E-state index in [9.17, 15) is 13.2 Å². The van der Waals surface area contributed by atoms with Crippen molar-refractivity contribution in [1.82, 2.24) is 4.98 Å². The first kappa shape index (κ1) is 16.5. The number of hydrogen-bond donors (Lipinski definition) is 2. The highest BCUT2D eigenvalue weighted by molar-refractivity contribution is 7.94. The van der Waals surface area contributed by atoms with Crippen molar-refractivity contribution in [3.63, 3.8) is 0 Å². The Kier molecular flexibility index (Phi) is 4.10. The number of nitrogens with two attached hydrogens (primary N) is 1. The van der Waals surface area contributed by atoms with Crippen LogP contribution in [-0.2, 0) is 10.0 Å². The number of carbonyl (C=O) groups is 1. The van der Waals surface area contributed by atoms with Gasteiger partial charge in [-0.3, -0.25) is 9.10 Å². The average molecular weight is 363 g/mol. The second-order valence-electron chi connectivity index (χ2n) is 5.62. The lowest BCUT2D eigenvalue weighted by molar-refractivity contribution is 0.0996. The van der Waals surface area contributed by atoms with Gasteiger partial charge >= 0.3 is 0 Å². The number of carbonyl (C=O) groups excluding carboxylic acids is 1. The van der Waals surface area contributed by atoms with Gasteiger partial charge in [-0.2, -0.15) is 0 Å². The van der Waals surface area contributed by atoms with Gasteiger partial charge in [-0.05, 0) is 37.4 Å². The Morgan fingerprint density at radius 2 is 2.00 bits per heavy atom. The van der Waals surface area contributed by atoms with Crippen LogP contribution in [0.1, 0.15) is 24.3 Å². The molecule has 0 unspecified atom stereocenters. The monoisotopic (exact) mass is 363 g/mol. The summed E-state index contributed by atoms with van der Waals surface area (Å²) in [6.07, 6.45) is 0. The maximum Gasteiger partial charge on any atom is 0.274 e. The van der Waals surface area contributed by atoms with E-state index >= 15 is 0 Å². The molecule has 126 valence electrons. The van der Waals surface area contributed by atoms with E-state index in [1.54, 1.807) is 41.8 Å². The van der Waals surface area contributed by atoms with Gasteiger partial charge < -0.3 is 10.7 Å². The van der Waals surface area contributed by atoms with Crippen molar-refractivity contribution in [1.29, 1.82) is 0 Å². The van der Waals surface area contributed by atoms with Crippen LogP contribution in [-0.4, -0.2) is 25.4 Å². The molecule has 0 atom stereocenters. The van der Waals surface area contributed by atoms with Gasteiger partial charge in [-0.25, -0.2) is 8.42 Å². The summed E-state index contributed by atoms with van der Waals surface area (Å²) in [5, 5.41) is 2.46. The standard InChI is InChI=1S/C16H17N3O3S2/c1-10(2)19(24(21,22)14-7-4-8-23-14)13-6-3-5-11-9-12(16(17)20)18-15(11)13/h3-10,18H,1-2H3,(H2,17,20). The molecule has 8 heteroatoms. The molecule has 3 rings (SSSR count). The predicted octanol–water partition coefficient (Wildman–Crippen LogP) is 2.93. The summed E-state index contributed by atoms with van der Waals surface area (Å²) in [5.74, 6) is -0.589. The van der Waals surface area contributed by atoms with Crippen molar-refractivity contribution in [3.05, 3.63) is 47.5 Å². The molecule has 24 heavy (non-hydrogen) atoms. The van der Waals surface area contributed by atoms with Crippen LogP contribution in [0.3, 0.4) is 0 Å². The molecule has 0 saturated carbocycles. The molecule has 0 radical (unpaired) electrons. The summed E-state index contributed by atoms with van der Waals surface area (Å²) >= 11 is 1.17. The number of hydrogen-bond acceptors (Lipinski definition) is 4. The minimum atomic E-state index is -3.70. The molecule has 0 saturated heterocycles. The van der Waals surface area contributed by atoms with Gasteiger partial charge in [-0.15, -0.1) is 11.3 Å². The van der Waals surface area contributed by atoms with Crippen molar-refractivity contribution < 1.29 is 13.2 Å². The molecule has 1 amide bonds. The first-order valence-corrected chi connectivity index (χ1v) is 9.64. The summed E-state index contributed by atoms with van der Waals surface area (Å²) in [5.41, 5.74) is 6.63. The highest BCUT2D eigenvalue weighted by atomic mass is 32.2. The number of nitrogens with one attached hydrogen (secondary N) is 1. The summed E-state index contributed by atoms with van der Waals surface area (Å²) in [6.45, 7) is 3.61. The second-order valence-corrected chi connectivity index (χ2v) is 8.60. The van der Waals surface area contributed by atoms with Crippen LogP contribution in [0.5, 0.6) is 0 Å². The first-order chi connectivity index (χ1) is 11.3. The zero-order valence-electron chi connectivity index (χ0n) is 13.2. The van der Waals surface area contributed by atoms with Crippen LogP contribution in [0.4, 0.5) is 5.69 Å². The lowest BCUT2D eigenvalue weighted by atomic mass is 10.2. The minimum Gasteiger partial charge on any atom is -0.364 e. The molecule has 0 aliphatic rings. The number of amides is 1. The molecule has 3 N–H and O–H groups in total. The molecule has 0 spiro atoms. The van der Waals surface area contributed by atoms with Gasteiger partial charge in [0, 0.05) is 11.4 Å². The molecule has 2 aromatic heterocycles. The molecule has 0 bridgehead atoms. The number of aromatic nitrogens is 1. The fourth-order valence-corrected chi connectivity index (χ4v) is 5.40. The number of thiophene rings is 1. The Morgan fingerprint density at radius 3 is 2.58 bits per heavy atom. The minimum absolute atomic E-state index is 0.245. The largest absolute Gasteiger partial charge is 0.364 e. The Hall–Kier alpha value is -2.32. The van der Waals surface area contributed by atoms with E-state index in [1.807, 2.05) is 13.8 Å². The highest BCUT2D eigenvalue weighted by Gasteiger charge is 2.30. The quantitative estimate of drug-likeness (QED) is 0.729. The van der Waals surface area contributed by atoms with E-state index in [4.69, 9.17) is 5.73 Å². The number of benzene rings is 1. The summed E-state index contributed by atoms with van der Waals surface area (Å²) in [4.78, 5) is 14.4. The molecular weight excluding hydrogens is 346 g/mol. The molecule has 0 aliphatic heterocycles. The van der Waals surface area contributed by atoms with Crippen LogP contribution in [0.15, 0.2) is 46.0 Å². The third kappa shape index (κ3) is 2.67. The molecule has 3 aromatic rings. The second kappa shape index (κ2) is 5.95. The zero-order chi connectivity index (χ0) is 17.5. The summed E-state index contributed by atoms with van der Waals surface area (Å²) in [6, 6.07) is 9.89. The summed E-state index contributed by atoms with van der Waals surface area (Å²) < 4.78 is 27.7. The van der Waals surface area contributed by atoms with Crippen molar-refractivity contribution >= 4 is 43.9 Å². The maximum atomic E-state index is 13.1. The van der Waals surface area contributed by atoms with Gasteiger partial charge in [0.1, 0.15) is 9.90 Å². The van der Waals surface area contributed by atoms with Crippen molar-refractivity contribution in [2.75, 3.05) is 4.31 Å². The van der Waals surface area contributed by atoms with E-state index in [0.717, 1.165) is 5.39 Å². The fraction of sp³-hybridized carbons (Fsp3) is 0.188. The van der Waals surface area contributed by atoms with Gasteiger partial charge in [0.2, 0.25) is 0 Å². The maximum absolute atomic E-state index is 13.1. The lowest BCUT2D eigenvalue weighted by Crippen LogP contribution is -2.36. The Morgan fingerprint density at radius 1 is 1.25 bits per heavy atom. The molecule has 0 aliphatic carbocycles. The number of para-hydroxylation sites is 1. The van der Waals surface area contributed by atoms with E-state index < -0.39 is 15.9 Å². The van der Waals surface area contributed by atoms with Gasteiger partial charge in [-0.1, -0.05) is 18.2 Å². The number of H-pyrrole nitrogens is 1. The molecule has 6 nitrogen and oxygen atoms in total. The molecular formula is C16H17N3O3S2. The van der Waals surface area contributed by atoms with Crippen molar-refractivity contribution in [2.45, 2.75) is 24.1 Å². The molecule has 2 heterocycles. The van der Waals surface area contributed by atoms with E-state index in [0.29, 0.717) is 11.2 Å². The number of aromatic amines is 1. The Bertz CT molecular complexity index is 989. The number of fused-ring (bicyclic) bond motifs is 1. The zero-order valence-corrected chi connectivity index (χ0v) is 14.8. The average Bonchev–Trinajstić information content (AvgIpc) is 3.17. The predicted molar refractivity (Wildman–Crippen MR) is 95.9 cm³/mol. The number of nitrogens with zero attached hydrogens (tertiary/aromatic N) is 1. The van der Waals surface area contributed by atoms with Gasteiger partial charge in [0.05, 0.1) is 11.2 Å². The fourth-order valence-electron chi connectivity index (χ4n) is 2.65. The smallest absolute Gasteiger partial charge is 0.274 e. The van der Waals surface area contributed by atoms with Crippen LogP contribution < -0.4 is 10.0 Å². The van der Waals surface area contributed by atoms with Crippen molar-refractivity contribution in [3.8, 4) is 0 Å². The lowest BCUT2D eigenvalue weighted by Gasteiger charge is -2.28. The third-order valence-electron chi connectivity index (χ3n) is 3.61. The Balaban J connectivity index is 2.24. The van der Waals surface area contributed by atoms with Gasteiger partial charge in [0.25, 0.3) is 15.9 Å². The highest BCUT2D eigenvalue weighted by Crippen LogP contribution is 2.33. The van der Waals surface area contributed by atoms with Crippen LogP contribution in [0.25, 0.3) is 10.9 Å². The van der Waals surface area contributed by atoms with Crippen LogP contribution in [0.2, 0.25) is 0 Å². The number of anilines is 1. The first-order valence-electron chi connectivity index (χ1n) is 7.32. The normalized spacial score (nSPS) is 12.0. The van der Waals surface area contributed by atoms with Crippen LogP contribution >= 0.6 is 11.3 Å². The number of rotatable bonds is 5. The number of primary amides is 1. The third-order valence-corrected chi connectivity index (χ3v) is 6.98. The van der Waals surface area contributed by atoms with Crippen LogP contribution in [0, 0.1) is 0 Å². The van der Waals surface area contributed by atoms with E-state index in [2.05, 4.69) is 4.98 Å².